The van der Waals surface area contributed by atoms with E-state index in [1.54, 1.807) is 0 Å². The highest BCUT2D eigenvalue weighted by Gasteiger charge is 2.16. The Kier molecular flexibility index (Phi) is 3.78. The standard InChI is InChI=1S/C16H9ClN2O5/c17-9-3-6-11-12(7-9)18-16(22)15(21)13(14(11)20)8-1-4-10(5-2-8)19(23)24/h1-7,20H,(H,18,21,22). The van der Waals surface area contributed by atoms with Crippen LogP contribution in [0.15, 0.2) is 52.1 Å². The number of aromatic nitrogens is 1. The number of hydrogen-bond donors (Lipinski definition) is 2. The molecule has 0 aliphatic heterocycles. The van der Waals surface area contributed by atoms with Gasteiger partial charge in [0.15, 0.2) is 0 Å². The van der Waals surface area contributed by atoms with Gasteiger partial charge in [0.1, 0.15) is 5.75 Å². The van der Waals surface area contributed by atoms with Gasteiger partial charge in [0, 0.05) is 22.5 Å². The fourth-order valence-corrected chi connectivity index (χ4v) is 2.55. The van der Waals surface area contributed by atoms with Crippen LogP contribution >= 0.6 is 11.6 Å². The minimum atomic E-state index is -0.950. The maximum Gasteiger partial charge on any atom is 0.296 e. The lowest BCUT2D eigenvalue weighted by Gasteiger charge is -2.02. The first-order valence-corrected chi connectivity index (χ1v) is 7.10. The molecule has 2 N–H and O–H groups in total. The number of hydrogen-bond acceptors (Lipinski definition) is 5. The van der Waals surface area contributed by atoms with Gasteiger partial charge < -0.3 is 10.1 Å². The van der Waals surface area contributed by atoms with E-state index in [1.807, 2.05) is 0 Å². The Morgan fingerprint density at radius 3 is 2.38 bits per heavy atom. The van der Waals surface area contributed by atoms with Crippen molar-refractivity contribution in [2.45, 2.75) is 0 Å². The van der Waals surface area contributed by atoms with Gasteiger partial charge in [0.05, 0.1) is 16.0 Å². The first kappa shape index (κ1) is 15.7. The molecule has 1 heterocycles. The summed E-state index contributed by atoms with van der Waals surface area (Å²) in [7, 11) is 0. The summed E-state index contributed by atoms with van der Waals surface area (Å²) in [6, 6.07) is 9.37. The van der Waals surface area contributed by atoms with E-state index in [0.29, 0.717) is 5.02 Å². The van der Waals surface area contributed by atoms with Crippen LogP contribution in [0.1, 0.15) is 0 Å². The number of nitrogens with one attached hydrogen (secondary N) is 1. The number of aromatic hydroxyl groups is 1. The van der Waals surface area contributed by atoms with Gasteiger partial charge in [-0.15, -0.1) is 0 Å². The molecule has 3 aromatic rings. The average molecular weight is 345 g/mol. The van der Waals surface area contributed by atoms with Crippen LogP contribution in [-0.2, 0) is 0 Å². The summed E-state index contributed by atoms with van der Waals surface area (Å²) >= 11 is 5.86. The molecule has 0 saturated heterocycles. The maximum absolute atomic E-state index is 12.3. The van der Waals surface area contributed by atoms with E-state index in [1.165, 1.54) is 42.5 Å². The molecule has 0 unspecified atom stereocenters. The number of H-pyrrole nitrogens is 1. The Hall–Kier alpha value is -3.19. The molecular weight excluding hydrogens is 336 g/mol. The molecule has 120 valence electrons. The van der Waals surface area contributed by atoms with Gasteiger partial charge in [-0.05, 0) is 35.9 Å². The van der Waals surface area contributed by atoms with E-state index in [9.17, 15) is 24.8 Å². The molecule has 0 aliphatic rings. The topological polar surface area (TPSA) is 113 Å². The Bertz CT molecular complexity index is 1090. The van der Waals surface area contributed by atoms with E-state index >= 15 is 0 Å². The average Bonchev–Trinajstić information content (AvgIpc) is 2.63. The number of halogens is 1. The van der Waals surface area contributed by atoms with Crippen LogP contribution in [0.4, 0.5) is 5.69 Å². The Morgan fingerprint density at radius 2 is 1.75 bits per heavy atom. The predicted octanol–water partition coefficient (Wildman–Crippen LogP) is 2.82. The van der Waals surface area contributed by atoms with Crippen LogP contribution in [0.25, 0.3) is 22.0 Å². The molecule has 3 rings (SSSR count). The zero-order chi connectivity index (χ0) is 17.4. The molecule has 0 amide bonds. The number of benzene rings is 2. The molecule has 0 fully saturated rings. The zero-order valence-corrected chi connectivity index (χ0v) is 12.7. The quantitative estimate of drug-likeness (QED) is 0.421. The van der Waals surface area contributed by atoms with Crippen molar-refractivity contribution >= 4 is 28.2 Å². The largest absolute Gasteiger partial charge is 0.506 e. The molecule has 0 aliphatic carbocycles. The SMILES string of the molecule is O=c1[nH]c2cc(Cl)ccc2c(O)c(-c2ccc([N+](=O)[O-])cc2)c1=O. The molecule has 0 saturated carbocycles. The van der Waals surface area contributed by atoms with Gasteiger partial charge in [-0.25, -0.2) is 0 Å². The third-order valence-corrected chi connectivity index (χ3v) is 3.76. The predicted molar refractivity (Wildman–Crippen MR) is 89.6 cm³/mol. The summed E-state index contributed by atoms with van der Waals surface area (Å²) in [6.07, 6.45) is 0. The minimum absolute atomic E-state index is 0.170. The molecule has 24 heavy (non-hydrogen) atoms. The summed E-state index contributed by atoms with van der Waals surface area (Å²) < 4.78 is 0. The smallest absolute Gasteiger partial charge is 0.296 e. The first-order chi connectivity index (χ1) is 11.4. The number of non-ortho nitro benzene ring substituents is 1. The van der Waals surface area contributed by atoms with Crippen LogP contribution in [0.2, 0.25) is 5.02 Å². The fourth-order valence-electron chi connectivity index (χ4n) is 2.38. The van der Waals surface area contributed by atoms with Crippen molar-refractivity contribution in [1.82, 2.24) is 4.98 Å². The monoisotopic (exact) mass is 344 g/mol. The lowest BCUT2D eigenvalue weighted by atomic mass is 10.0. The normalized spacial score (nSPS) is 10.7. The van der Waals surface area contributed by atoms with Gasteiger partial charge in [-0.2, -0.15) is 0 Å². The van der Waals surface area contributed by atoms with Crippen molar-refractivity contribution in [2.24, 2.45) is 0 Å². The van der Waals surface area contributed by atoms with E-state index in [2.05, 4.69) is 4.98 Å². The summed E-state index contributed by atoms with van der Waals surface area (Å²) in [4.78, 5) is 36.9. The van der Waals surface area contributed by atoms with Crippen molar-refractivity contribution in [3.8, 4) is 16.9 Å². The molecule has 0 radical (unpaired) electrons. The molecule has 0 bridgehead atoms. The highest BCUT2D eigenvalue weighted by Crippen LogP contribution is 2.32. The second kappa shape index (κ2) is 5.78. The van der Waals surface area contributed by atoms with Gasteiger partial charge >= 0.3 is 0 Å². The van der Waals surface area contributed by atoms with Crippen molar-refractivity contribution in [3.05, 3.63) is 78.2 Å². The number of nitro groups is 1. The number of aromatic amines is 1. The third-order valence-electron chi connectivity index (χ3n) is 3.52. The molecular formula is C16H9ClN2O5. The number of rotatable bonds is 2. The molecule has 1 aromatic heterocycles. The highest BCUT2D eigenvalue weighted by atomic mass is 35.5. The maximum atomic E-state index is 12.3. The lowest BCUT2D eigenvalue weighted by Crippen LogP contribution is -2.24. The van der Waals surface area contributed by atoms with Crippen LogP contribution in [0, 0.1) is 10.1 Å². The van der Waals surface area contributed by atoms with Crippen molar-refractivity contribution in [2.75, 3.05) is 0 Å². The second-order valence-electron chi connectivity index (χ2n) is 5.00. The van der Waals surface area contributed by atoms with E-state index in [-0.39, 0.29) is 27.7 Å². The fraction of sp³-hybridized carbons (Fsp3) is 0. The summed E-state index contributed by atoms with van der Waals surface area (Å²) in [5.41, 5.74) is -1.89. The lowest BCUT2D eigenvalue weighted by molar-refractivity contribution is -0.384. The first-order valence-electron chi connectivity index (χ1n) is 6.72. The summed E-state index contributed by atoms with van der Waals surface area (Å²) in [5.74, 6) is -0.404. The number of nitro benzene ring substituents is 1. The number of nitrogens with zero attached hydrogens (tertiary/aromatic N) is 1. The van der Waals surface area contributed by atoms with Crippen LogP contribution in [0.5, 0.6) is 5.75 Å². The van der Waals surface area contributed by atoms with E-state index < -0.39 is 21.7 Å². The van der Waals surface area contributed by atoms with Crippen LogP contribution in [-0.4, -0.2) is 15.0 Å². The Balaban J connectivity index is 2.40. The Labute approximate surface area is 138 Å². The Morgan fingerprint density at radius 1 is 1.08 bits per heavy atom. The molecule has 7 nitrogen and oxygen atoms in total. The molecule has 0 spiro atoms. The van der Waals surface area contributed by atoms with Gasteiger partial charge in [-0.1, -0.05) is 11.6 Å². The molecule has 8 heteroatoms. The number of fused-ring (bicyclic) bond motifs is 1. The van der Waals surface area contributed by atoms with Crippen molar-refractivity contribution in [1.29, 1.82) is 0 Å². The molecule has 0 atom stereocenters. The summed E-state index contributed by atoms with van der Waals surface area (Å²) in [5, 5.41) is 21.8. The van der Waals surface area contributed by atoms with Gasteiger partial charge in [-0.3, -0.25) is 19.7 Å². The second-order valence-corrected chi connectivity index (χ2v) is 5.44. The van der Waals surface area contributed by atoms with E-state index in [0.717, 1.165) is 0 Å². The third kappa shape index (κ3) is 2.61. The minimum Gasteiger partial charge on any atom is -0.506 e. The van der Waals surface area contributed by atoms with Crippen LogP contribution < -0.4 is 11.0 Å². The highest BCUT2D eigenvalue weighted by molar-refractivity contribution is 6.31. The molecule has 2 aromatic carbocycles. The zero-order valence-electron chi connectivity index (χ0n) is 11.9. The van der Waals surface area contributed by atoms with Gasteiger partial charge in [0.25, 0.3) is 16.7 Å². The van der Waals surface area contributed by atoms with Gasteiger partial charge in [0.2, 0.25) is 0 Å². The van der Waals surface area contributed by atoms with Crippen LogP contribution in [0.3, 0.4) is 0 Å². The van der Waals surface area contributed by atoms with Crippen molar-refractivity contribution < 1.29 is 10.0 Å². The van der Waals surface area contributed by atoms with Crippen molar-refractivity contribution in [3.63, 3.8) is 0 Å². The van der Waals surface area contributed by atoms with E-state index in [4.69, 9.17) is 11.6 Å². The summed E-state index contributed by atoms with van der Waals surface area (Å²) in [6.45, 7) is 0.